The third-order valence-corrected chi connectivity index (χ3v) is 8.31. The largest absolute Gasteiger partial charge is 0.322 e. The third kappa shape index (κ3) is 4.89. The molecule has 1 N–H and O–H groups in total. The quantitative estimate of drug-likeness (QED) is 0.698. The zero-order valence-electron chi connectivity index (χ0n) is 15.8. The molecule has 8 heteroatoms. The number of amides is 1. The molecular weight excluding hydrogens is 416 g/mol. The van der Waals surface area contributed by atoms with Gasteiger partial charge < -0.3 is 5.32 Å². The summed E-state index contributed by atoms with van der Waals surface area (Å²) in [5.74, 6) is -0.386. The van der Waals surface area contributed by atoms with Crippen molar-refractivity contribution in [1.29, 1.82) is 0 Å². The first kappa shape index (κ1) is 21.2. The summed E-state index contributed by atoms with van der Waals surface area (Å²) >= 11 is 7.92. The van der Waals surface area contributed by atoms with Crippen LogP contribution in [-0.2, 0) is 10.0 Å². The van der Waals surface area contributed by atoms with Gasteiger partial charge in [0.2, 0.25) is 10.0 Å². The monoisotopic (exact) mass is 438 g/mol. The molecule has 0 spiro atoms. The van der Waals surface area contributed by atoms with E-state index in [4.69, 9.17) is 11.6 Å². The number of anilines is 1. The number of benzene rings is 2. The van der Waals surface area contributed by atoms with E-state index in [1.54, 1.807) is 0 Å². The molecule has 1 aliphatic rings. The van der Waals surface area contributed by atoms with Crippen LogP contribution in [0.3, 0.4) is 0 Å². The van der Waals surface area contributed by atoms with Gasteiger partial charge in [-0.3, -0.25) is 4.79 Å². The molecule has 2 aromatic carbocycles. The van der Waals surface area contributed by atoms with Gasteiger partial charge in [-0.25, -0.2) is 12.7 Å². The number of thioether (sulfide) groups is 1. The molecule has 2 aromatic rings. The summed E-state index contributed by atoms with van der Waals surface area (Å²) < 4.78 is 25.8. The summed E-state index contributed by atoms with van der Waals surface area (Å²) in [4.78, 5) is 13.7. The fraction of sp³-hybridized carbons (Fsp3) is 0.350. The van der Waals surface area contributed by atoms with E-state index >= 15 is 0 Å². The van der Waals surface area contributed by atoms with Crippen molar-refractivity contribution in [2.45, 2.75) is 40.7 Å². The van der Waals surface area contributed by atoms with Gasteiger partial charge in [-0.15, -0.1) is 11.8 Å². The maximum absolute atomic E-state index is 12.6. The Bertz CT molecular complexity index is 954. The summed E-state index contributed by atoms with van der Waals surface area (Å²) in [6, 6.07) is 12.0. The van der Waals surface area contributed by atoms with E-state index in [1.807, 2.05) is 36.0 Å². The van der Waals surface area contributed by atoms with E-state index < -0.39 is 10.0 Å². The Balaban J connectivity index is 1.72. The third-order valence-electron chi connectivity index (χ3n) is 4.67. The average molecular weight is 439 g/mol. The van der Waals surface area contributed by atoms with Gasteiger partial charge >= 0.3 is 0 Å². The van der Waals surface area contributed by atoms with E-state index in [0.717, 1.165) is 4.31 Å². The Morgan fingerprint density at radius 3 is 2.36 bits per heavy atom. The van der Waals surface area contributed by atoms with Crippen LogP contribution in [0.5, 0.6) is 0 Å². The van der Waals surface area contributed by atoms with Crippen LogP contribution in [0.1, 0.15) is 36.0 Å². The lowest BCUT2D eigenvalue weighted by molar-refractivity contribution is 0.102. The van der Waals surface area contributed by atoms with Gasteiger partial charge in [0, 0.05) is 35.5 Å². The van der Waals surface area contributed by atoms with Crippen molar-refractivity contribution in [1.82, 2.24) is 4.31 Å². The lowest BCUT2D eigenvalue weighted by atomic mass is 10.2. The smallest absolute Gasteiger partial charge is 0.255 e. The molecule has 0 aromatic heterocycles. The predicted molar refractivity (Wildman–Crippen MR) is 115 cm³/mol. The molecule has 1 amide bonds. The van der Waals surface area contributed by atoms with Crippen LogP contribution in [0, 0.1) is 0 Å². The van der Waals surface area contributed by atoms with Gasteiger partial charge in [0.25, 0.3) is 5.91 Å². The number of nitrogens with zero attached hydrogens (tertiary/aromatic N) is 1. The average Bonchev–Trinajstić information content (AvgIpc) is 3.16. The molecule has 0 aliphatic heterocycles. The Morgan fingerprint density at radius 1 is 1.11 bits per heavy atom. The topological polar surface area (TPSA) is 66.5 Å². The molecule has 5 nitrogen and oxygen atoms in total. The lowest BCUT2D eigenvalue weighted by Crippen LogP contribution is -2.23. The summed E-state index contributed by atoms with van der Waals surface area (Å²) in [7, 11) is -0.895. The fourth-order valence-electron chi connectivity index (χ4n) is 3.06. The second-order valence-electron chi connectivity index (χ2n) is 6.94. The molecular formula is C20H23ClN2O3S2. The number of sulfonamides is 1. The second-order valence-corrected chi connectivity index (χ2v) is 10.8. The molecule has 150 valence electrons. The first-order chi connectivity index (χ1) is 13.3. The van der Waals surface area contributed by atoms with Gasteiger partial charge in [0.15, 0.2) is 0 Å². The number of rotatable bonds is 6. The molecule has 1 saturated carbocycles. The maximum atomic E-state index is 12.6. The SMILES string of the molecule is CN(C)S(=O)(=O)c1cc(C(=O)Nc2ccc(SC3CCCC3)cc2)ccc1Cl. The highest BCUT2D eigenvalue weighted by Crippen LogP contribution is 2.35. The Labute approximate surface area is 175 Å². The summed E-state index contributed by atoms with van der Waals surface area (Å²) in [6.45, 7) is 0. The highest BCUT2D eigenvalue weighted by Gasteiger charge is 2.22. The van der Waals surface area contributed by atoms with Crippen molar-refractivity contribution in [2.24, 2.45) is 0 Å². The van der Waals surface area contributed by atoms with E-state index in [0.29, 0.717) is 10.9 Å². The van der Waals surface area contributed by atoms with Crippen LogP contribution < -0.4 is 5.32 Å². The summed E-state index contributed by atoms with van der Waals surface area (Å²) in [6.07, 6.45) is 5.13. The normalized spacial score (nSPS) is 15.1. The van der Waals surface area contributed by atoms with E-state index in [-0.39, 0.29) is 21.4 Å². The van der Waals surface area contributed by atoms with E-state index in [1.165, 1.54) is 62.9 Å². The van der Waals surface area contributed by atoms with Gasteiger partial charge in [-0.2, -0.15) is 0 Å². The molecule has 28 heavy (non-hydrogen) atoms. The van der Waals surface area contributed by atoms with E-state index in [9.17, 15) is 13.2 Å². The molecule has 0 unspecified atom stereocenters. The van der Waals surface area contributed by atoms with Gasteiger partial charge in [0.1, 0.15) is 4.90 Å². The minimum Gasteiger partial charge on any atom is -0.322 e. The number of hydrogen-bond acceptors (Lipinski definition) is 4. The Kier molecular flexibility index (Phi) is 6.70. The molecule has 1 fully saturated rings. The van der Waals surface area contributed by atoms with Gasteiger partial charge in [-0.1, -0.05) is 24.4 Å². The summed E-state index contributed by atoms with van der Waals surface area (Å²) in [5.41, 5.74) is 0.891. The number of carbonyl (C=O) groups is 1. The predicted octanol–water partition coefficient (Wildman–Crippen LogP) is 4.88. The standard InChI is InChI=1S/C20H23ClN2O3S2/c1-23(2)28(25,26)19-13-14(7-12-18(19)21)20(24)22-15-8-10-17(11-9-15)27-16-5-3-4-6-16/h7-13,16H,3-6H2,1-2H3,(H,22,24). The van der Waals surface area contributed by atoms with Crippen molar-refractivity contribution >= 4 is 45.0 Å². The molecule has 0 saturated heterocycles. The van der Waals surface area contributed by atoms with Crippen molar-refractivity contribution in [3.8, 4) is 0 Å². The minimum atomic E-state index is -3.74. The van der Waals surface area contributed by atoms with Crippen LogP contribution >= 0.6 is 23.4 Å². The minimum absolute atomic E-state index is 0.0820. The molecule has 1 aliphatic carbocycles. The zero-order valence-corrected chi connectivity index (χ0v) is 18.2. The number of nitrogens with one attached hydrogen (secondary N) is 1. The fourth-order valence-corrected chi connectivity index (χ4v) is 5.70. The molecule has 0 heterocycles. The molecule has 3 rings (SSSR count). The van der Waals surface area contributed by atoms with Crippen molar-refractivity contribution in [3.05, 3.63) is 53.1 Å². The first-order valence-electron chi connectivity index (χ1n) is 9.07. The number of halogens is 1. The zero-order chi connectivity index (χ0) is 20.3. The molecule has 0 atom stereocenters. The van der Waals surface area contributed by atoms with Crippen molar-refractivity contribution in [3.63, 3.8) is 0 Å². The Hall–Kier alpha value is -1.54. The maximum Gasteiger partial charge on any atom is 0.255 e. The van der Waals surface area contributed by atoms with Crippen LogP contribution in [-0.4, -0.2) is 38.0 Å². The highest BCUT2D eigenvalue weighted by atomic mass is 35.5. The van der Waals surface area contributed by atoms with Crippen molar-refractivity contribution in [2.75, 3.05) is 19.4 Å². The van der Waals surface area contributed by atoms with Crippen LogP contribution in [0.15, 0.2) is 52.3 Å². The van der Waals surface area contributed by atoms with Gasteiger partial charge in [-0.05, 0) is 55.3 Å². The molecule has 0 radical (unpaired) electrons. The first-order valence-corrected chi connectivity index (χ1v) is 11.8. The lowest BCUT2D eigenvalue weighted by Gasteiger charge is -2.14. The summed E-state index contributed by atoms with van der Waals surface area (Å²) in [5, 5.41) is 3.58. The van der Waals surface area contributed by atoms with E-state index in [2.05, 4.69) is 5.32 Å². The van der Waals surface area contributed by atoms with Crippen molar-refractivity contribution < 1.29 is 13.2 Å². The number of carbonyl (C=O) groups excluding carboxylic acids is 1. The highest BCUT2D eigenvalue weighted by molar-refractivity contribution is 8.00. The van der Waals surface area contributed by atoms with Crippen LogP contribution in [0.4, 0.5) is 5.69 Å². The Morgan fingerprint density at radius 2 is 1.75 bits per heavy atom. The van der Waals surface area contributed by atoms with Crippen LogP contribution in [0.25, 0.3) is 0 Å². The van der Waals surface area contributed by atoms with Crippen LogP contribution in [0.2, 0.25) is 5.02 Å². The second kappa shape index (κ2) is 8.86. The number of hydrogen-bond donors (Lipinski definition) is 1. The van der Waals surface area contributed by atoms with Gasteiger partial charge in [0.05, 0.1) is 5.02 Å². The molecule has 0 bridgehead atoms.